The number of benzene rings is 2. The molecule has 6 nitrogen and oxygen atoms in total. The monoisotopic (exact) mass is 509 g/mol. The summed E-state index contributed by atoms with van der Waals surface area (Å²) in [5, 5.41) is 11.4. The van der Waals surface area contributed by atoms with Gasteiger partial charge in [0.2, 0.25) is 5.78 Å². The van der Waals surface area contributed by atoms with E-state index < -0.39 is 23.5 Å². The van der Waals surface area contributed by atoms with Crippen molar-refractivity contribution < 1.29 is 27.9 Å². The molecule has 0 fully saturated rings. The molecule has 0 saturated carbocycles. The topological polar surface area (TPSA) is 83.9 Å². The zero-order chi connectivity index (χ0) is 23.1. The van der Waals surface area contributed by atoms with Gasteiger partial charge in [0, 0.05) is 16.4 Å². The zero-order valence-corrected chi connectivity index (χ0v) is 18.7. The van der Waals surface area contributed by atoms with Crippen LogP contribution in [-0.2, 0) is 11.2 Å². The summed E-state index contributed by atoms with van der Waals surface area (Å²) in [7, 11) is 0. The number of halogens is 2. The first-order valence-electron chi connectivity index (χ1n) is 10.2. The van der Waals surface area contributed by atoms with Gasteiger partial charge in [0.1, 0.15) is 23.2 Å². The van der Waals surface area contributed by atoms with E-state index >= 15 is 0 Å². The van der Waals surface area contributed by atoms with Crippen LogP contribution in [0.3, 0.4) is 0 Å². The predicted molar refractivity (Wildman–Crippen MR) is 121 cm³/mol. The highest BCUT2D eigenvalue weighted by Crippen LogP contribution is 2.40. The number of aliphatic hydroxyl groups excluding tert-OH is 1. The molecule has 4 aromatic rings. The van der Waals surface area contributed by atoms with E-state index in [2.05, 4.69) is 15.9 Å². The van der Waals surface area contributed by atoms with Gasteiger partial charge >= 0.3 is 0 Å². The van der Waals surface area contributed by atoms with Crippen LogP contribution in [0.4, 0.5) is 4.39 Å². The third-order valence-corrected chi connectivity index (χ3v) is 6.11. The molecule has 1 aliphatic rings. The number of fused-ring (bicyclic) bond motifs is 1. The van der Waals surface area contributed by atoms with Crippen LogP contribution in [0.15, 0.2) is 91.6 Å². The molecular formula is C25H17BrFNO5. The number of furan rings is 2. The van der Waals surface area contributed by atoms with E-state index in [4.69, 9.17) is 8.83 Å². The minimum Gasteiger partial charge on any atom is -0.503 e. The quantitative estimate of drug-likeness (QED) is 0.334. The predicted octanol–water partition coefficient (Wildman–Crippen LogP) is 5.75. The van der Waals surface area contributed by atoms with E-state index in [1.807, 2.05) is 6.07 Å². The lowest BCUT2D eigenvalue weighted by Gasteiger charge is -2.24. The van der Waals surface area contributed by atoms with Crippen molar-refractivity contribution in [2.45, 2.75) is 12.5 Å². The molecule has 1 N–H and O–H groups in total. The van der Waals surface area contributed by atoms with Crippen molar-refractivity contribution in [3.63, 3.8) is 0 Å². The Labute approximate surface area is 196 Å². The van der Waals surface area contributed by atoms with Crippen molar-refractivity contribution in [3.05, 3.63) is 106 Å². The van der Waals surface area contributed by atoms with Crippen molar-refractivity contribution in [1.82, 2.24) is 4.90 Å². The van der Waals surface area contributed by atoms with Crippen LogP contribution in [0.25, 0.3) is 11.0 Å². The molecule has 0 radical (unpaired) electrons. The van der Waals surface area contributed by atoms with Crippen molar-refractivity contribution in [2.75, 3.05) is 6.54 Å². The van der Waals surface area contributed by atoms with E-state index in [1.54, 1.807) is 42.5 Å². The van der Waals surface area contributed by atoms with E-state index in [0.29, 0.717) is 23.2 Å². The number of aliphatic hydroxyl groups is 1. The van der Waals surface area contributed by atoms with Crippen LogP contribution in [0, 0.1) is 5.82 Å². The number of hydrogen-bond acceptors (Lipinski definition) is 5. The fourth-order valence-electron chi connectivity index (χ4n) is 4.02. The van der Waals surface area contributed by atoms with Crippen molar-refractivity contribution in [3.8, 4) is 0 Å². The minimum absolute atomic E-state index is 0.00870. The molecule has 1 amide bonds. The third kappa shape index (κ3) is 3.87. The standard InChI is InChI=1S/C25H17BrFNO5/c26-16-5-8-18-15(12-16)13-20(33-18)23(29)21-22(19-2-1-11-32-19)28(25(31)24(21)30)10-9-14-3-6-17(27)7-4-14/h1-8,11-13,22,30H,9-10H2. The Morgan fingerprint density at radius 3 is 2.64 bits per heavy atom. The molecule has 0 bridgehead atoms. The fraction of sp³-hybridized carbons (Fsp3) is 0.120. The van der Waals surface area contributed by atoms with Crippen LogP contribution in [0.1, 0.15) is 27.9 Å². The second kappa shape index (κ2) is 8.37. The molecule has 2 aromatic carbocycles. The molecule has 166 valence electrons. The van der Waals surface area contributed by atoms with E-state index in [1.165, 1.54) is 23.3 Å². The molecule has 5 rings (SSSR count). The van der Waals surface area contributed by atoms with Gasteiger partial charge in [-0.3, -0.25) is 9.59 Å². The summed E-state index contributed by atoms with van der Waals surface area (Å²) in [4.78, 5) is 27.8. The Kier molecular flexibility index (Phi) is 5.38. The summed E-state index contributed by atoms with van der Waals surface area (Å²) in [6.45, 7) is 0.184. The number of Topliss-reactive ketones (excluding diaryl/α,β-unsaturated/α-hetero) is 1. The molecule has 0 spiro atoms. The molecular weight excluding hydrogens is 493 g/mol. The average molecular weight is 510 g/mol. The van der Waals surface area contributed by atoms with E-state index in [-0.39, 0.29) is 23.7 Å². The van der Waals surface area contributed by atoms with Gasteiger partial charge in [-0.1, -0.05) is 28.1 Å². The SMILES string of the molecule is O=C(C1=C(O)C(=O)N(CCc2ccc(F)cc2)C1c1ccco1)c1cc2cc(Br)ccc2o1. The third-order valence-electron chi connectivity index (χ3n) is 5.62. The van der Waals surface area contributed by atoms with Gasteiger partial charge in [0.15, 0.2) is 11.5 Å². The molecule has 0 saturated heterocycles. The van der Waals surface area contributed by atoms with Gasteiger partial charge in [-0.05, 0) is 60.5 Å². The fourth-order valence-corrected chi connectivity index (χ4v) is 4.40. The van der Waals surface area contributed by atoms with Gasteiger partial charge < -0.3 is 18.8 Å². The molecule has 3 heterocycles. The van der Waals surface area contributed by atoms with Crippen LogP contribution in [0.5, 0.6) is 0 Å². The summed E-state index contributed by atoms with van der Waals surface area (Å²) >= 11 is 3.39. The normalized spacial score (nSPS) is 16.2. The van der Waals surface area contributed by atoms with Crippen LogP contribution in [-0.4, -0.2) is 28.2 Å². The summed E-state index contributed by atoms with van der Waals surface area (Å²) in [5.74, 6) is -1.92. The van der Waals surface area contributed by atoms with Crippen molar-refractivity contribution in [2.24, 2.45) is 0 Å². The maximum absolute atomic E-state index is 13.4. The van der Waals surface area contributed by atoms with Crippen LogP contribution in [0.2, 0.25) is 0 Å². The van der Waals surface area contributed by atoms with Gasteiger partial charge in [-0.25, -0.2) is 4.39 Å². The number of rotatable bonds is 6. The highest BCUT2D eigenvalue weighted by molar-refractivity contribution is 9.10. The number of nitrogens with zero attached hydrogens (tertiary/aromatic N) is 1. The zero-order valence-electron chi connectivity index (χ0n) is 17.1. The Hall–Kier alpha value is -3.65. The lowest BCUT2D eigenvalue weighted by molar-refractivity contribution is -0.129. The Bertz CT molecular complexity index is 1390. The lowest BCUT2D eigenvalue weighted by Crippen LogP contribution is -2.32. The van der Waals surface area contributed by atoms with Gasteiger partial charge in [-0.2, -0.15) is 0 Å². The molecule has 8 heteroatoms. The molecule has 1 atom stereocenters. The number of carbonyl (C=O) groups is 2. The minimum atomic E-state index is -0.916. The number of hydrogen-bond donors (Lipinski definition) is 1. The summed E-state index contributed by atoms with van der Waals surface area (Å²) in [5.41, 5.74) is 1.21. The molecule has 1 unspecified atom stereocenters. The first-order valence-corrected chi connectivity index (χ1v) is 11.0. The number of amides is 1. The maximum atomic E-state index is 13.4. The first kappa shape index (κ1) is 21.2. The largest absolute Gasteiger partial charge is 0.503 e. The number of ketones is 1. The summed E-state index contributed by atoms with van der Waals surface area (Å²) in [6.07, 6.45) is 1.84. The molecule has 1 aliphatic heterocycles. The van der Waals surface area contributed by atoms with Gasteiger partial charge in [0.25, 0.3) is 5.91 Å². The lowest BCUT2D eigenvalue weighted by atomic mass is 9.99. The second-order valence-electron chi connectivity index (χ2n) is 7.68. The van der Waals surface area contributed by atoms with Crippen molar-refractivity contribution in [1.29, 1.82) is 0 Å². The summed E-state index contributed by atoms with van der Waals surface area (Å²) < 4.78 is 25.3. The van der Waals surface area contributed by atoms with Crippen LogP contribution < -0.4 is 0 Å². The van der Waals surface area contributed by atoms with Crippen LogP contribution >= 0.6 is 15.9 Å². The smallest absolute Gasteiger partial charge is 0.290 e. The first-order chi connectivity index (χ1) is 15.9. The number of carbonyl (C=O) groups excluding carboxylic acids is 2. The van der Waals surface area contributed by atoms with Gasteiger partial charge in [-0.15, -0.1) is 0 Å². The average Bonchev–Trinajstić information content (AvgIpc) is 3.52. The molecule has 0 aliphatic carbocycles. The molecule has 33 heavy (non-hydrogen) atoms. The Morgan fingerprint density at radius 1 is 1.12 bits per heavy atom. The Balaban J connectivity index is 1.50. The van der Waals surface area contributed by atoms with Gasteiger partial charge in [0.05, 0.1) is 11.8 Å². The Morgan fingerprint density at radius 2 is 1.91 bits per heavy atom. The second-order valence-corrected chi connectivity index (χ2v) is 8.59. The van der Waals surface area contributed by atoms with E-state index in [0.717, 1.165) is 10.0 Å². The highest BCUT2D eigenvalue weighted by Gasteiger charge is 2.45. The highest BCUT2D eigenvalue weighted by atomic mass is 79.9. The summed E-state index contributed by atoms with van der Waals surface area (Å²) in [6, 6.07) is 15.2. The van der Waals surface area contributed by atoms with E-state index in [9.17, 15) is 19.1 Å². The maximum Gasteiger partial charge on any atom is 0.290 e. The molecule has 2 aromatic heterocycles. The van der Waals surface area contributed by atoms with Crippen molar-refractivity contribution >= 4 is 38.6 Å².